The van der Waals surface area contributed by atoms with Crippen molar-refractivity contribution >= 4 is 33.6 Å². The minimum absolute atomic E-state index is 0.0365. The van der Waals surface area contributed by atoms with E-state index in [1.54, 1.807) is 0 Å². The molecule has 3 aliphatic rings. The van der Waals surface area contributed by atoms with Crippen LogP contribution >= 0.6 is 11.6 Å². The van der Waals surface area contributed by atoms with Crippen LogP contribution in [0.2, 0.25) is 5.02 Å². The zero-order chi connectivity index (χ0) is 16.4. The van der Waals surface area contributed by atoms with Crippen LogP contribution in [0.5, 0.6) is 0 Å². The van der Waals surface area contributed by atoms with Crippen LogP contribution in [-0.4, -0.2) is 30.2 Å². The third kappa shape index (κ3) is 1.96. The van der Waals surface area contributed by atoms with Crippen molar-refractivity contribution in [2.75, 3.05) is 0 Å². The van der Waals surface area contributed by atoms with Crippen LogP contribution in [0.3, 0.4) is 0 Å². The van der Waals surface area contributed by atoms with E-state index in [4.69, 9.17) is 11.6 Å². The first-order valence-corrected chi connectivity index (χ1v) is 9.34. The summed E-state index contributed by atoms with van der Waals surface area (Å²) in [6, 6.07) is 4.58. The van der Waals surface area contributed by atoms with Crippen LogP contribution < -0.4 is 5.32 Å². The van der Waals surface area contributed by atoms with E-state index in [1.165, 1.54) is 24.3 Å². The Morgan fingerprint density at radius 1 is 1.17 bits per heavy atom. The SMILES string of the molecule is O=C1NC2(CC3CCC2C3)C(=O)N1S(=O)(=O)c1ccc(Cl)cc1. The summed E-state index contributed by atoms with van der Waals surface area (Å²) in [4.78, 5) is 25.0. The lowest BCUT2D eigenvalue weighted by Crippen LogP contribution is -2.51. The smallest absolute Gasteiger partial charge is 0.322 e. The number of rotatable bonds is 2. The number of halogens is 1. The number of carbonyl (C=O) groups excluding carboxylic acids is 2. The molecule has 2 aliphatic carbocycles. The number of nitrogens with zero attached hydrogens (tertiary/aromatic N) is 1. The van der Waals surface area contributed by atoms with Crippen molar-refractivity contribution in [2.24, 2.45) is 11.8 Å². The molecule has 122 valence electrons. The minimum atomic E-state index is -4.22. The van der Waals surface area contributed by atoms with Crippen molar-refractivity contribution in [3.63, 3.8) is 0 Å². The second-order valence-electron chi connectivity index (χ2n) is 6.51. The highest BCUT2D eigenvalue weighted by molar-refractivity contribution is 7.90. The van der Waals surface area contributed by atoms with Crippen LogP contribution in [0.4, 0.5) is 4.79 Å². The predicted molar refractivity (Wildman–Crippen MR) is 82.2 cm³/mol. The first-order valence-electron chi connectivity index (χ1n) is 7.52. The van der Waals surface area contributed by atoms with Crippen molar-refractivity contribution in [1.29, 1.82) is 0 Å². The number of nitrogens with one attached hydrogen (secondary N) is 1. The van der Waals surface area contributed by atoms with Gasteiger partial charge in [-0.3, -0.25) is 4.79 Å². The summed E-state index contributed by atoms with van der Waals surface area (Å²) >= 11 is 5.77. The quantitative estimate of drug-likeness (QED) is 0.825. The molecule has 8 heteroatoms. The standard InChI is InChI=1S/C15H15ClN2O4S/c16-11-3-5-12(6-4-11)23(21,22)18-13(19)15(17-14(18)20)8-9-1-2-10(15)7-9/h3-6,9-10H,1-2,7-8H2,(H,17,20). The molecule has 1 heterocycles. The number of amides is 3. The third-order valence-corrected chi connectivity index (χ3v) is 7.21. The maximum atomic E-state index is 12.9. The number of carbonyl (C=O) groups is 2. The zero-order valence-corrected chi connectivity index (χ0v) is 13.7. The van der Waals surface area contributed by atoms with E-state index < -0.39 is 27.5 Å². The summed E-state index contributed by atoms with van der Waals surface area (Å²) in [7, 11) is -4.22. The lowest BCUT2D eigenvalue weighted by molar-refractivity contribution is -0.129. The molecule has 1 spiro atoms. The molecule has 4 rings (SSSR count). The average molecular weight is 355 g/mol. The van der Waals surface area contributed by atoms with Gasteiger partial charge in [0.05, 0.1) is 4.90 Å². The number of hydrogen-bond acceptors (Lipinski definition) is 4. The zero-order valence-electron chi connectivity index (χ0n) is 12.2. The summed E-state index contributed by atoms with van der Waals surface area (Å²) in [5.74, 6) is -0.207. The van der Waals surface area contributed by atoms with Gasteiger partial charge in [0.1, 0.15) is 5.54 Å². The van der Waals surface area contributed by atoms with E-state index in [0.717, 1.165) is 19.3 Å². The van der Waals surface area contributed by atoms with Gasteiger partial charge in [-0.1, -0.05) is 11.6 Å². The highest BCUT2D eigenvalue weighted by Gasteiger charge is 2.64. The number of benzene rings is 1. The second-order valence-corrected chi connectivity index (χ2v) is 8.73. The van der Waals surface area contributed by atoms with Crippen LogP contribution in [0, 0.1) is 11.8 Å². The number of fused-ring (bicyclic) bond motifs is 3. The summed E-state index contributed by atoms with van der Waals surface area (Å²) in [6.45, 7) is 0. The van der Waals surface area contributed by atoms with Gasteiger partial charge in [0.15, 0.2) is 0 Å². The monoisotopic (exact) mass is 354 g/mol. The molecular weight excluding hydrogens is 340 g/mol. The average Bonchev–Trinajstić information content (AvgIpc) is 3.14. The molecule has 3 atom stereocenters. The summed E-state index contributed by atoms with van der Waals surface area (Å²) in [5, 5.41) is 3.06. The van der Waals surface area contributed by atoms with E-state index in [-0.39, 0.29) is 10.8 Å². The first-order chi connectivity index (χ1) is 10.8. The largest absolute Gasteiger partial charge is 0.339 e. The maximum absolute atomic E-state index is 12.9. The van der Waals surface area contributed by atoms with Crippen LogP contribution in [-0.2, 0) is 14.8 Å². The van der Waals surface area contributed by atoms with Gasteiger partial charge in [0.2, 0.25) is 0 Å². The highest BCUT2D eigenvalue weighted by Crippen LogP contribution is 2.53. The molecule has 1 aliphatic heterocycles. The van der Waals surface area contributed by atoms with Crippen molar-refractivity contribution in [3.05, 3.63) is 29.3 Å². The van der Waals surface area contributed by atoms with Gasteiger partial charge in [-0.05, 0) is 61.8 Å². The molecule has 23 heavy (non-hydrogen) atoms. The van der Waals surface area contributed by atoms with Crippen LogP contribution in [0.15, 0.2) is 29.2 Å². The number of imide groups is 1. The van der Waals surface area contributed by atoms with E-state index in [9.17, 15) is 18.0 Å². The first kappa shape index (κ1) is 15.0. The summed E-state index contributed by atoms with van der Waals surface area (Å²) in [5.41, 5.74) is -1.03. The van der Waals surface area contributed by atoms with Gasteiger partial charge in [0, 0.05) is 5.02 Å². The van der Waals surface area contributed by atoms with Crippen molar-refractivity contribution < 1.29 is 18.0 Å². The van der Waals surface area contributed by atoms with E-state index >= 15 is 0 Å². The molecule has 1 N–H and O–H groups in total. The molecule has 3 fully saturated rings. The predicted octanol–water partition coefficient (Wildman–Crippen LogP) is 2.14. The topological polar surface area (TPSA) is 83.6 Å². The number of sulfonamides is 1. The molecule has 0 radical (unpaired) electrons. The third-order valence-electron chi connectivity index (χ3n) is 5.28. The Balaban J connectivity index is 1.73. The fourth-order valence-electron chi connectivity index (χ4n) is 4.24. The Kier molecular flexibility index (Phi) is 3.06. The molecule has 0 aromatic heterocycles. The van der Waals surface area contributed by atoms with Gasteiger partial charge in [-0.25, -0.2) is 13.2 Å². The van der Waals surface area contributed by atoms with Gasteiger partial charge in [-0.15, -0.1) is 4.31 Å². The molecule has 1 aromatic carbocycles. The Bertz CT molecular complexity index is 807. The molecule has 3 amide bonds. The molecule has 3 unspecified atom stereocenters. The molecule has 1 aromatic rings. The van der Waals surface area contributed by atoms with E-state index in [0.29, 0.717) is 21.7 Å². The second kappa shape index (κ2) is 4.70. The molecule has 2 saturated carbocycles. The van der Waals surface area contributed by atoms with Crippen LogP contribution in [0.25, 0.3) is 0 Å². The van der Waals surface area contributed by atoms with Gasteiger partial charge >= 0.3 is 6.03 Å². The Morgan fingerprint density at radius 2 is 1.87 bits per heavy atom. The summed E-state index contributed by atoms with van der Waals surface area (Å²) < 4.78 is 25.8. The van der Waals surface area contributed by atoms with Gasteiger partial charge in [0.25, 0.3) is 15.9 Å². The van der Waals surface area contributed by atoms with Crippen molar-refractivity contribution in [3.8, 4) is 0 Å². The lowest BCUT2D eigenvalue weighted by atomic mass is 9.81. The Labute approximate surface area is 138 Å². The highest BCUT2D eigenvalue weighted by atomic mass is 35.5. The fraction of sp³-hybridized carbons (Fsp3) is 0.467. The van der Waals surface area contributed by atoms with Crippen molar-refractivity contribution in [2.45, 2.75) is 36.1 Å². The van der Waals surface area contributed by atoms with Crippen LogP contribution in [0.1, 0.15) is 25.7 Å². The number of urea groups is 1. The Hall–Kier alpha value is -1.60. The normalized spacial score (nSPS) is 32.8. The Morgan fingerprint density at radius 3 is 2.43 bits per heavy atom. The molecular formula is C15H15ClN2O4S. The fourth-order valence-corrected chi connectivity index (χ4v) is 5.71. The van der Waals surface area contributed by atoms with Gasteiger partial charge in [-0.2, -0.15) is 0 Å². The van der Waals surface area contributed by atoms with Gasteiger partial charge < -0.3 is 5.32 Å². The lowest BCUT2D eigenvalue weighted by Gasteiger charge is -2.30. The molecule has 6 nitrogen and oxygen atoms in total. The molecule has 2 bridgehead atoms. The number of hydrogen-bond donors (Lipinski definition) is 1. The minimum Gasteiger partial charge on any atom is -0.322 e. The molecule has 1 saturated heterocycles. The van der Waals surface area contributed by atoms with E-state index in [2.05, 4.69) is 5.32 Å². The maximum Gasteiger partial charge on any atom is 0.339 e. The summed E-state index contributed by atoms with van der Waals surface area (Å²) in [6.07, 6.45) is 3.31. The van der Waals surface area contributed by atoms with E-state index in [1.807, 2.05) is 0 Å². The van der Waals surface area contributed by atoms with Crippen molar-refractivity contribution in [1.82, 2.24) is 9.62 Å².